The molecule has 0 aromatic heterocycles. The third kappa shape index (κ3) is 5.19. The molecule has 0 heterocycles. The Labute approximate surface area is 119 Å². The van der Waals surface area contributed by atoms with Crippen LogP contribution >= 0.6 is 0 Å². The number of aliphatic hydroxyl groups is 1. The molecule has 1 atom stereocenters. The van der Waals surface area contributed by atoms with Crippen LogP contribution in [0.2, 0.25) is 0 Å². The van der Waals surface area contributed by atoms with Crippen LogP contribution in [0.5, 0.6) is 5.75 Å². The van der Waals surface area contributed by atoms with E-state index in [1.165, 1.54) is 0 Å². The minimum atomic E-state index is -0.126. The Bertz CT molecular complexity index is 434. The number of methoxy groups -OCH3 is 1. The zero-order valence-corrected chi connectivity index (χ0v) is 12.3. The molecule has 0 aliphatic heterocycles. The molecule has 2 N–H and O–H groups in total. The summed E-state index contributed by atoms with van der Waals surface area (Å²) in [5, 5.41) is 12.1. The summed E-state index contributed by atoms with van der Waals surface area (Å²) in [6.45, 7) is 4.80. The Morgan fingerprint density at radius 3 is 2.80 bits per heavy atom. The van der Waals surface area contributed by atoms with Gasteiger partial charge in [0, 0.05) is 31.4 Å². The van der Waals surface area contributed by atoms with Crippen molar-refractivity contribution in [2.75, 3.05) is 25.6 Å². The van der Waals surface area contributed by atoms with Crippen LogP contribution in [0.3, 0.4) is 0 Å². The second-order valence-electron chi connectivity index (χ2n) is 4.73. The Hall–Kier alpha value is -1.59. The third-order valence-corrected chi connectivity index (χ3v) is 2.80. The predicted molar refractivity (Wildman–Crippen MR) is 77.8 cm³/mol. The number of aliphatic hydroxyl groups excluding tert-OH is 1. The van der Waals surface area contributed by atoms with Gasteiger partial charge in [0.2, 0.25) is 5.91 Å². The van der Waals surface area contributed by atoms with Crippen molar-refractivity contribution in [1.82, 2.24) is 0 Å². The number of carbonyl (C=O) groups is 1. The van der Waals surface area contributed by atoms with Gasteiger partial charge in [-0.25, -0.2) is 0 Å². The van der Waals surface area contributed by atoms with Crippen LogP contribution in [0, 0.1) is 5.92 Å². The fraction of sp³-hybridized carbons (Fsp3) is 0.533. The topological polar surface area (TPSA) is 67.8 Å². The first kappa shape index (κ1) is 16.5. The van der Waals surface area contributed by atoms with E-state index in [4.69, 9.17) is 9.47 Å². The van der Waals surface area contributed by atoms with Gasteiger partial charge in [-0.1, -0.05) is 6.92 Å². The molecule has 0 spiro atoms. The summed E-state index contributed by atoms with van der Waals surface area (Å²) in [4.78, 5) is 11.8. The van der Waals surface area contributed by atoms with Crippen LogP contribution in [0.4, 0.5) is 5.69 Å². The average Bonchev–Trinajstić information content (AvgIpc) is 2.40. The molecule has 1 aromatic carbocycles. The normalized spacial score (nSPS) is 12.0. The Kier molecular flexibility index (Phi) is 7.04. The largest absolute Gasteiger partial charge is 0.494 e. The predicted octanol–water partition coefficient (Wildman–Crippen LogP) is 2.19. The maximum Gasteiger partial charge on any atom is 0.224 e. The summed E-state index contributed by atoms with van der Waals surface area (Å²) in [6, 6.07) is 5.25. The highest BCUT2D eigenvalue weighted by atomic mass is 16.5. The van der Waals surface area contributed by atoms with Crippen molar-refractivity contribution < 1.29 is 19.4 Å². The van der Waals surface area contributed by atoms with Gasteiger partial charge >= 0.3 is 0 Å². The summed E-state index contributed by atoms with van der Waals surface area (Å²) < 4.78 is 10.4. The maximum atomic E-state index is 11.8. The number of hydrogen-bond donors (Lipinski definition) is 2. The van der Waals surface area contributed by atoms with Crippen LogP contribution in [0.1, 0.15) is 25.8 Å². The standard InChI is InChI=1S/C15H23NO4/c1-4-20-14-6-5-13(8-12(14)9-17)16-15(18)7-11(2)10-19-3/h5-6,8,11,17H,4,7,9-10H2,1-3H3,(H,16,18). The van der Waals surface area contributed by atoms with E-state index in [0.29, 0.717) is 36.6 Å². The van der Waals surface area contributed by atoms with Gasteiger partial charge in [-0.15, -0.1) is 0 Å². The molecule has 112 valence electrons. The quantitative estimate of drug-likeness (QED) is 0.766. The summed E-state index contributed by atoms with van der Waals surface area (Å²) >= 11 is 0. The fourth-order valence-corrected chi connectivity index (χ4v) is 1.95. The van der Waals surface area contributed by atoms with Gasteiger partial charge in [0.15, 0.2) is 0 Å². The summed E-state index contributed by atoms with van der Waals surface area (Å²) in [5.74, 6) is 0.739. The molecule has 0 aliphatic carbocycles. The molecule has 1 aromatic rings. The summed E-state index contributed by atoms with van der Waals surface area (Å²) in [5.41, 5.74) is 1.32. The SMILES string of the molecule is CCOc1ccc(NC(=O)CC(C)COC)cc1CO. The highest BCUT2D eigenvalue weighted by Gasteiger charge is 2.10. The van der Waals surface area contributed by atoms with E-state index in [9.17, 15) is 9.90 Å². The van der Waals surface area contributed by atoms with Crippen LogP contribution in [0.15, 0.2) is 18.2 Å². The minimum absolute atomic E-state index is 0.0670. The van der Waals surface area contributed by atoms with Crippen LogP contribution < -0.4 is 10.1 Å². The molecule has 5 heteroatoms. The highest BCUT2D eigenvalue weighted by molar-refractivity contribution is 5.91. The number of benzene rings is 1. The number of amides is 1. The molecule has 20 heavy (non-hydrogen) atoms. The molecular formula is C15H23NO4. The molecule has 0 saturated heterocycles. The van der Waals surface area contributed by atoms with E-state index < -0.39 is 0 Å². The van der Waals surface area contributed by atoms with Crippen molar-refractivity contribution in [3.8, 4) is 5.75 Å². The lowest BCUT2D eigenvalue weighted by Gasteiger charge is -2.13. The van der Waals surface area contributed by atoms with Gasteiger partial charge in [-0.05, 0) is 31.0 Å². The number of rotatable bonds is 8. The van der Waals surface area contributed by atoms with Crippen molar-refractivity contribution in [1.29, 1.82) is 0 Å². The van der Waals surface area contributed by atoms with E-state index in [0.717, 1.165) is 0 Å². The maximum absolute atomic E-state index is 11.8. The first-order valence-electron chi connectivity index (χ1n) is 6.76. The summed E-state index contributed by atoms with van der Waals surface area (Å²) in [6.07, 6.45) is 0.398. The lowest BCUT2D eigenvalue weighted by Crippen LogP contribution is -2.17. The number of anilines is 1. The first-order valence-corrected chi connectivity index (χ1v) is 6.76. The first-order chi connectivity index (χ1) is 9.60. The average molecular weight is 281 g/mol. The van der Waals surface area contributed by atoms with E-state index in [1.54, 1.807) is 25.3 Å². The van der Waals surface area contributed by atoms with E-state index in [-0.39, 0.29) is 18.4 Å². The van der Waals surface area contributed by atoms with Crippen molar-refractivity contribution in [3.63, 3.8) is 0 Å². The number of hydrogen-bond acceptors (Lipinski definition) is 4. The zero-order chi connectivity index (χ0) is 15.0. The molecule has 0 fully saturated rings. The molecule has 0 aliphatic rings. The van der Waals surface area contributed by atoms with Gasteiger partial charge in [0.1, 0.15) is 5.75 Å². The van der Waals surface area contributed by atoms with Crippen molar-refractivity contribution in [2.24, 2.45) is 5.92 Å². The second kappa shape index (κ2) is 8.55. The van der Waals surface area contributed by atoms with E-state index >= 15 is 0 Å². The number of ether oxygens (including phenoxy) is 2. The number of nitrogens with one attached hydrogen (secondary N) is 1. The molecule has 1 rings (SSSR count). The van der Waals surface area contributed by atoms with Gasteiger partial charge in [0.25, 0.3) is 0 Å². The van der Waals surface area contributed by atoms with Gasteiger partial charge in [-0.2, -0.15) is 0 Å². The van der Waals surface area contributed by atoms with Crippen molar-refractivity contribution in [2.45, 2.75) is 26.9 Å². The lowest BCUT2D eigenvalue weighted by molar-refractivity contribution is -0.117. The Morgan fingerprint density at radius 2 is 2.20 bits per heavy atom. The van der Waals surface area contributed by atoms with Crippen LogP contribution in [-0.4, -0.2) is 31.3 Å². The molecule has 0 bridgehead atoms. The monoisotopic (exact) mass is 281 g/mol. The minimum Gasteiger partial charge on any atom is -0.494 e. The molecule has 0 radical (unpaired) electrons. The summed E-state index contributed by atoms with van der Waals surface area (Å²) in [7, 11) is 1.62. The van der Waals surface area contributed by atoms with Gasteiger partial charge in [-0.3, -0.25) is 4.79 Å². The second-order valence-corrected chi connectivity index (χ2v) is 4.73. The van der Waals surface area contributed by atoms with E-state index in [1.807, 2.05) is 13.8 Å². The van der Waals surface area contributed by atoms with Crippen LogP contribution in [-0.2, 0) is 16.1 Å². The molecule has 1 amide bonds. The molecule has 5 nitrogen and oxygen atoms in total. The molecule has 1 unspecified atom stereocenters. The highest BCUT2D eigenvalue weighted by Crippen LogP contribution is 2.23. The lowest BCUT2D eigenvalue weighted by atomic mass is 10.1. The van der Waals surface area contributed by atoms with Gasteiger partial charge in [0.05, 0.1) is 13.2 Å². The van der Waals surface area contributed by atoms with Crippen LogP contribution in [0.25, 0.3) is 0 Å². The van der Waals surface area contributed by atoms with Gasteiger partial charge < -0.3 is 19.9 Å². The van der Waals surface area contributed by atoms with E-state index in [2.05, 4.69) is 5.32 Å². The third-order valence-electron chi connectivity index (χ3n) is 2.80. The van der Waals surface area contributed by atoms with Crippen molar-refractivity contribution in [3.05, 3.63) is 23.8 Å². The molecule has 0 saturated carbocycles. The van der Waals surface area contributed by atoms with Crippen molar-refractivity contribution >= 4 is 11.6 Å². The fourth-order valence-electron chi connectivity index (χ4n) is 1.95. The Morgan fingerprint density at radius 1 is 1.45 bits per heavy atom. The molecular weight excluding hydrogens is 258 g/mol. The number of carbonyl (C=O) groups excluding carboxylic acids is 1. The smallest absolute Gasteiger partial charge is 0.224 e. The Balaban J connectivity index is 2.65. The zero-order valence-electron chi connectivity index (χ0n) is 12.3.